The number of rotatable bonds is 4. The molecule has 0 aromatic heterocycles. The summed E-state index contributed by atoms with van der Waals surface area (Å²) in [6.45, 7) is 11.5. The van der Waals surface area contributed by atoms with Crippen LogP contribution in [-0.2, 0) is 4.74 Å². The summed E-state index contributed by atoms with van der Waals surface area (Å²) in [7, 11) is 1.60. The predicted octanol–water partition coefficient (Wildman–Crippen LogP) is 4.35. The Hall–Kier alpha value is -1.88. The van der Waals surface area contributed by atoms with E-state index in [9.17, 15) is 4.79 Å². The molecule has 1 aromatic carbocycles. The highest BCUT2D eigenvalue weighted by Crippen LogP contribution is 2.31. The molecule has 1 amide bonds. The van der Waals surface area contributed by atoms with E-state index in [0.29, 0.717) is 30.3 Å². The monoisotopic (exact) mass is 366 g/mol. The van der Waals surface area contributed by atoms with Gasteiger partial charge in [0.25, 0.3) is 0 Å². The maximum atomic E-state index is 12.5. The van der Waals surface area contributed by atoms with E-state index >= 15 is 0 Å². The molecule has 0 bridgehead atoms. The maximum absolute atomic E-state index is 12.5. The van der Waals surface area contributed by atoms with Gasteiger partial charge in [0.05, 0.1) is 18.2 Å². The number of carbonyl (C=O) groups is 1. The molecule has 5 nitrogen and oxygen atoms in total. The van der Waals surface area contributed by atoms with Crippen molar-refractivity contribution in [1.29, 1.82) is 0 Å². The molecule has 0 unspecified atom stereocenters. The highest BCUT2D eigenvalue weighted by molar-refractivity contribution is 6.32. The minimum Gasteiger partial charge on any atom is -0.495 e. The maximum Gasteiger partial charge on any atom is 0.410 e. The van der Waals surface area contributed by atoms with Gasteiger partial charge in [-0.05, 0) is 39.3 Å². The number of nitrogens with zero attached hydrogens (tertiary/aromatic N) is 2. The third kappa shape index (κ3) is 5.05. The number of benzene rings is 1. The van der Waals surface area contributed by atoms with E-state index in [1.165, 1.54) is 0 Å². The van der Waals surface area contributed by atoms with Crippen molar-refractivity contribution in [1.82, 2.24) is 4.90 Å². The molecule has 0 saturated carbocycles. The molecule has 1 atom stereocenters. The first-order chi connectivity index (χ1) is 11.7. The van der Waals surface area contributed by atoms with Crippen LogP contribution in [0.4, 0.5) is 10.5 Å². The number of carbonyl (C=O) groups excluding carboxylic acids is 1. The first-order valence-electron chi connectivity index (χ1n) is 8.44. The molecule has 1 fully saturated rings. The second-order valence-corrected chi connectivity index (χ2v) is 7.52. The number of hydrogen-bond acceptors (Lipinski definition) is 4. The Morgan fingerprint density at radius 3 is 2.72 bits per heavy atom. The fourth-order valence-corrected chi connectivity index (χ4v) is 3.08. The Morgan fingerprint density at radius 2 is 2.12 bits per heavy atom. The number of methoxy groups -OCH3 is 1. The Morgan fingerprint density at radius 1 is 1.40 bits per heavy atom. The molecule has 0 radical (unpaired) electrons. The van der Waals surface area contributed by atoms with Crippen molar-refractivity contribution in [3.8, 4) is 5.75 Å². The minimum absolute atomic E-state index is 0.0165. The van der Waals surface area contributed by atoms with Crippen molar-refractivity contribution in [2.24, 2.45) is 0 Å². The lowest BCUT2D eigenvalue weighted by Gasteiger charge is -2.42. The molecule has 1 aliphatic heterocycles. The fraction of sp³-hybridized carbons (Fsp3) is 0.526. The quantitative estimate of drug-likeness (QED) is 0.743. The van der Waals surface area contributed by atoms with Crippen molar-refractivity contribution in [2.75, 3.05) is 31.6 Å². The van der Waals surface area contributed by atoms with Crippen LogP contribution in [0.2, 0.25) is 5.02 Å². The van der Waals surface area contributed by atoms with E-state index in [2.05, 4.69) is 11.5 Å². The molecular weight excluding hydrogens is 340 g/mol. The Labute approximate surface area is 155 Å². The second-order valence-electron chi connectivity index (χ2n) is 7.12. The normalized spacial score (nSPS) is 18.0. The van der Waals surface area contributed by atoms with Gasteiger partial charge in [-0.25, -0.2) is 4.79 Å². The lowest BCUT2D eigenvalue weighted by atomic mass is 10.1. The second kappa shape index (κ2) is 8.00. The van der Waals surface area contributed by atoms with Gasteiger partial charge >= 0.3 is 6.09 Å². The SMILES string of the molecule is C=CC[C@H]1CN(c2ccc(Cl)c(OC)c2)CCN1C(=O)OC(C)(C)C. The summed E-state index contributed by atoms with van der Waals surface area (Å²) >= 11 is 6.11. The van der Waals surface area contributed by atoms with Crippen molar-refractivity contribution in [2.45, 2.75) is 38.8 Å². The van der Waals surface area contributed by atoms with E-state index in [-0.39, 0.29) is 12.1 Å². The minimum atomic E-state index is -0.503. The third-order valence-electron chi connectivity index (χ3n) is 4.05. The highest BCUT2D eigenvalue weighted by atomic mass is 35.5. The largest absolute Gasteiger partial charge is 0.495 e. The Bertz CT molecular complexity index is 628. The van der Waals surface area contributed by atoms with Crippen LogP contribution >= 0.6 is 11.6 Å². The molecule has 1 aromatic rings. The van der Waals surface area contributed by atoms with Crippen LogP contribution < -0.4 is 9.64 Å². The van der Waals surface area contributed by atoms with Crippen LogP contribution in [0.3, 0.4) is 0 Å². The number of ether oxygens (including phenoxy) is 2. The zero-order valence-corrected chi connectivity index (χ0v) is 16.2. The number of hydrogen-bond donors (Lipinski definition) is 0. The van der Waals surface area contributed by atoms with Crippen LogP contribution in [0.15, 0.2) is 30.9 Å². The van der Waals surface area contributed by atoms with Gasteiger partial charge in [-0.2, -0.15) is 0 Å². The molecule has 1 saturated heterocycles. The molecule has 1 heterocycles. The van der Waals surface area contributed by atoms with Crippen molar-refractivity contribution in [3.05, 3.63) is 35.9 Å². The van der Waals surface area contributed by atoms with Gasteiger partial charge in [-0.15, -0.1) is 6.58 Å². The lowest BCUT2D eigenvalue weighted by molar-refractivity contribution is 0.0143. The predicted molar refractivity (Wildman–Crippen MR) is 102 cm³/mol. The fourth-order valence-electron chi connectivity index (χ4n) is 2.89. The van der Waals surface area contributed by atoms with Crippen LogP contribution in [0.25, 0.3) is 0 Å². The molecule has 0 N–H and O–H groups in total. The van der Waals surface area contributed by atoms with Crippen molar-refractivity contribution in [3.63, 3.8) is 0 Å². The summed E-state index contributed by atoms with van der Waals surface area (Å²) in [5, 5.41) is 0.585. The Balaban J connectivity index is 2.15. The number of piperazine rings is 1. The van der Waals surface area contributed by atoms with Crippen molar-refractivity contribution < 1.29 is 14.3 Å². The van der Waals surface area contributed by atoms with Gasteiger partial charge in [0.15, 0.2) is 0 Å². The van der Waals surface area contributed by atoms with E-state index in [1.807, 2.05) is 45.0 Å². The first kappa shape index (κ1) is 19.4. The molecule has 2 rings (SSSR count). The Kier molecular flexibility index (Phi) is 6.22. The number of halogens is 1. The number of anilines is 1. The summed E-state index contributed by atoms with van der Waals surface area (Å²) in [5.41, 5.74) is 0.524. The van der Waals surface area contributed by atoms with E-state index in [4.69, 9.17) is 21.1 Å². The molecular formula is C19H27ClN2O3. The van der Waals surface area contributed by atoms with Crippen molar-refractivity contribution >= 4 is 23.4 Å². The summed E-state index contributed by atoms with van der Waals surface area (Å²) in [5.74, 6) is 0.647. The lowest BCUT2D eigenvalue weighted by Crippen LogP contribution is -2.56. The van der Waals surface area contributed by atoms with E-state index < -0.39 is 5.60 Å². The third-order valence-corrected chi connectivity index (χ3v) is 4.36. The molecule has 0 aliphatic carbocycles. The molecule has 25 heavy (non-hydrogen) atoms. The van der Waals surface area contributed by atoms with Gasteiger partial charge < -0.3 is 19.3 Å². The zero-order valence-electron chi connectivity index (χ0n) is 15.4. The topological polar surface area (TPSA) is 42.0 Å². The van der Waals surface area contributed by atoms with Gasteiger partial charge in [0.1, 0.15) is 11.4 Å². The van der Waals surface area contributed by atoms with Crippen LogP contribution in [-0.4, -0.2) is 49.4 Å². The smallest absolute Gasteiger partial charge is 0.410 e. The molecule has 1 aliphatic rings. The number of amides is 1. The van der Waals surface area contributed by atoms with Crippen LogP contribution in [0, 0.1) is 0 Å². The zero-order chi connectivity index (χ0) is 18.6. The van der Waals surface area contributed by atoms with E-state index in [1.54, 1.807) is 12.0 Å². The van der Waals surface area contributed by atoms with Gasteiger partial charge in [0, 0.05) is 31.4 Å². The average molecular weight is 367 g/mol. The molecule has 0 spiro atoms. The summed E-state index contributed by atoms with van der Waals surface area (Å²) in [6, 6.07) is 5.75. The van der Waals surface area contributed by atoms with Crippen LogP contribution in [0.1, 0.15) is 27.2 Å². The first-order valence-corrected chi connectivity index (χ1v) is 8.82. The van der Waals surface area contributed by atoms with Gasteiger partial charge in [-0.3, -0.25) is 0 Å². The van der Waals surface area contributed by atoms with Crippen LogP contribution in [0.5, 0.6) is 5.75 Å². The summed E-state index contributed by atoms with van der Waals surface area (Å²) in [6.07, 6.45) is 2.28. The van der Waals surface area contributed by atoms with Gasteiger partial charge in [0.2, 0.25) is 0 Å². The van der Waals surface area contributed by atoms with Gasteiger partial charge in [-0.1, -0.05) is 17.7 Å². The highest BCUT2D eigenvalue weighted by Gasteiger charge is 2.32. The standard InChI is InChI=1S/C19H27ClN2O3/c1-6-7-15-13-21(14-8-9-16(20)17(12-14)24-5)10-11-22(15)18(23)25-19(2,3)4/h6,8-9,12,15H,1,7,10-11,13H2,2-5H3/t15-/m0/s1. The summed E-state index contributed by atoms with van der Waals surface area (Å²) in [4.78, 5) is 16.5. The van der Waals surface area contributed by atoms with E-state index in [0.717, 1.165) is 12.2 Å². The molecule has 138 valence electrons. The average Bonchev–Trinajstić information content (AvgIpc) is 2.54. The molecule has 6 heteroatoms. The summed E-state index contributed by atoms with van der Waals surface area (Å²) < 4.78 is 10.8.